The average Bonchev–Trinajstić information content (AvgIpc) is 2.37. The summed E-state index contributed by atoms with van der Waals surface area (Å²) >= 11 is 12.0. The lowest BCUT2D eigenvalue weighted by Gasteiger charge is -2.12. The van der Waals surface area contributed by atoms with Crippen molar-refractivity contribution in [3.63, 3.8) is 0 Å². The molecular formula is C15H15Cl2NO2S. The molecule has 2 aromatic carbocycles. The molecule has 112 valence electrons. The van der Waals surface area contributed by atoms with Crippen LogP contribution in [-0.2, 0) is 15.8 Å². The number of hydrogen-bond acceptors (Lipinski definition) is 2. The minimum absolute atomic E-state index is 0.265. The van der Waals surface area contributed by atoms with Crippen LogP contribution in [0.25, 0.3) is 0 Å². The van der Waals surface area contributed by atoms with Crippen molar-refractivity contribution in [2.45, 2.75) is 19.6 Å². The molecule has 0 aromatic heterocycles. The van der Waals surface area contributed by atoms with Gasteiger partial charge >= 0.3 is 0 Å². The van der Waals surface area contributed by atoms with E-state index in [-0.39, 0.29) is 5.75 Å². The topological polar surface area (TPSA) is 46.2 Å². The first-order valence-corrected chi connectivity index (χ1v) is 8.70. The summed E-state index contributed by atoms with van der Waals surface area (Å²) in [6.07, 6.45) is 0. The second kappa shape index (κ2) is 6.26. The van der Waals surface area contributed by atoms with E-state index in [1.54, 1.807) is 24.3 Å². The fraction of sp³-hybridized carbons (Fsp3) is 0.200. The molecule has 3 nitrogen and oxygen atoms in total. The summed E-state index contributed by atoms with van der Waals surface area (Å²) in [4.78, 5) is 0. The second-order valence-electron chi connectivity index (χ2n) is 4.88. The molecule has 0 aliphatic rings. The van der Waals surface area contributed by atoms with Gasteiger partial charge in [0.25, 0.3) is 0 Å². The van der Waals surface area contributed by atoms with Gasteiger partial charge in [-0.25, -0.2) is 8.42 Å². The van der Waals surface area contributed by atoms with Crippen molar-refractivity contribution in [2.75, 3.05) is 4.72 Å². The highest BCUT2D eigenvalue weighted by Gasteiger charge is 2.17. The van der Waals surface area contributed by atoms with Gasteiger partial charge in [0.15, 0.2) is 0 Å². The number of halogens is 2. The van der Waals surface area contributed by atoms with Gasteiger partial charge in [-0.15, -0.1) is 0 Å². The molecule has 0 heterocycles. The normalized spacial score (nSPS) is 11.4. The van der Waals surface area contributed by atoms with Crippen LogP contribution in [0.4, 0.5) is 5.69 Å². The highest BCUT2D eigenvalue weighted by atomic mass is 35.5. The zero-order chi connectivity index (χ0) is 15.6. The first-order valence-electron chi connectivity index (χ1n) is 6.29. The van der Waals surface area contributed by atoms with Crippen LogP contribution < -0.4 is 4.72 Å². The summed E-state index contributed by atoms with van der Waals surface area (Å²) in [6.45, 7) is 3.81. The Bertz CT molecular complexity index is 753. The Morgan fingerprint density at radius 3 is 2.24 bits per heavy atom. The first kappa shape index (κ1) is 16.1. The zero-order valence-electron chi connectivity index (χ0n) is 11.7. The predicted octanol–water partition coefficient (Wildman–Crippen LogP) is 4.55. The van der Waals surface area contributed by atoms with E-state index in [4.69, 9.17) is 23.2 Å². The molecule has 0 aliphatic carbocycles. The number of hydrogen-bond donors (Lipinski definition) is 1. The molecule has 2 rings (SSSR count). The van der Waals surface area contributed by atoms with Gasteiger partial charge < -0.3 is 0 Å². The number of sulfonamides is 1. The van der Waals surface area contributed by atoms with Gasteiger partial charge in [0, 0.05) is 15.6 Å². The molecule has 0 bridgehead atoms. The standard InChI is InChI=1S/C15H15Cl2NO2S/c1-10-6-7-15(11(2)8-10)18-21(19,20)9-12-13(16)4-3-5-14(12)17/h3-8,18H,9H2,1-2H3. The van der Waals surface area contributed by atoms with Gasteiger partial charge in [-0.1, -0.05) is 47.0 Å². The van der Waals surface area contributed by atoms with E-state index in [2.05, 4.69) is 4.72 Å². The zero-order valence-corrected chi connectivity index (χ0v) is 14.0. The lowest BCUT2D eigenvalue weighted by molar-refractivity contribution is 0.600. The monoisotopic (exact) mass is 343 g/mol. The molecule has 0 unspecified atom stereocenters. The fourth-order valence-electron chi connectivity index (χ4n) is 1.99. The molecule has 1 N–H and O–H groups in total. The minimum Gasteiger partial charge on any atom is -0.283 e. The molecule has 0 radical (unpaired) electrons. The molecule has 0 fully saturated rings. The van der Waals surface area contributed by atoms with Crippen LogP contribution in [0.2, 0.25) is 10.0 Å². The van der Waals surface area contributed by atoms with Crippen molar-refractivity contribution < 1.29 is 8.42 Å². The summed E-state index contributed by atoms with van der Waals surface area (Å²) in [7, 11) is -3.59. The molecule has 0 aliphatic heterocycles. The van der Waals surface area contributed by atoms with Crippen LogP contribution in [-0.4, -0.2) is 8.42 Å². The Labute approximate surface area is 135 Å². The number of rotatable bonds is 4. The maximum atomic E-state index is 12.3. The van der Waals surface area contributed by atoms with E-state index in [0.29, 0.717) is 21.3 Å². The molecule has 0 spiro atoms. The van der Waals surface area contributed by atoms with Crippen molar-refractivity contribution in [1.82, 2.24) is 0 Å². The Morgan fingerprint density at radius 2 is 1.67 bits per heavy atom. The van der Waals surface area contributed by atoms with Crippen LogP contribution in [0.15, 0.2) is 36.4 Å². The first-order chi connectivity index (χ1) is 9.78. The SMILES string of the molecule is Cc1ccc(NS(=O)(=O)Cc2c(Cl)cccc2Cl)c(C)c1. The van der Waals surface area contributed by atoms with Crippen molar-refractivity contribution in [2.24, 2.45) is 0 Å². The van der Waals surface area contributed by atoms with Crippen molar-refractivity contribution in [3.05, 3.63) is 63.1 Å². The van der Waals surface area contributed by atoms with Gasteiger partial charge in [0.05, 0.1) is 11.4 Å². The van der Waals surface area contributed by atoms with Crippen LogP contribution in [0.5, 0.6) is 0 Å². The average molecular weight is 344 g/mol. The van der Waals surface area contributed by atoms with E-state index >= 15 is 0 Å². The maximum absolute atomic E-state index is 12.3. The maximum Gasteiger partial charge on any atom is 0.237 e. The number of nitrogens with one attached hydrogen (secondary N) is 1. The molecule has 0 amide bonds. The quantitative estimate of drug-likeness (QED) is 0.884. The molecule has 2 aromatic rings. The van der Waals surface area contributed by atoms with Crippen LogP contribution in [0, 0.1) is 13.8 Å². The molecule has 6 heteroatoms. The largest absolute Gasteiger partial charge is 0.283 e. The molecule has 21 heavy (non-hydrogen) atoms. The summed E-state index contributed by atoms with van der Waals surface area (Å²) in [6, 6.07) is 10.4. The smallest absolute Gasteiger partial charge is 0.237 e. The van der Waals surface area contributed by atoms with E-state index in [1.165, 1.54) is 0 Å². The summed E-state index contributed by atoms with van der Waals surface area (Å²) in [5.74, 6) is -0.265. The lowest BCUT2D eigenvalue weighted by Crippen LogP contribution is -2.16. The number of anilines is 1. The third kappa shape index (κ3) is 4.13. The highest BCUT2D eigenvalue weighted by molar-refractivity contribution is 7.91. The second-order valence-corrected chi connectivity index (χ2v) is 7.42. The molecular weight excluding hydrogens is 329 g/mol. The van der Waals surface area contributed by atoms with Crippen LogP contribution >= 0.6 is 23.2 Å². The van der Waals surface area contributed by atoms with Gasteiger partial charge in [-0.05, 0) is 37.6 Å². The predicted molar refractivity (Wildman–Crippen MR) is 88.6 cm³/mol. The number of benzene rings is 2. The summed E-state index contributed by atoms with van der Waals surface area (Å²) < 4.78 is 27.1. The van der Waals surface area contributed by atoms with Crippen LogP contribution in [0.3, 0.4) is 0 Å². The van der Waals surface area contributed by atoms with Crippen LogP contribution in [0.1, 0.15) is 16.7 Å². The Morgan fingerprint density at radius 1 is 1.05 bits per heavy atom. The van der Waals surface area contributed by atoms with Crippen molar-refractivity contribution >= 4 is 38.9 Å². The van der Waals surface area contributed by atoms with Crippen molar-refractivity contribution in [3.8, 4) is 0 Å². The van der Waals surface area contributed by atoms with Gasteiger partial charge in [-0.3, -0.25) is 4.72 Å². The molecule has 0 saturated carbocycles. The van der Waals surface area contributed by atoms with Gasteiger partial charge in [0.2, 0.25) is 10.0 Å². The third-order valence-electron chi connectivity index (χ3n) is 3.04. The van der Waals surface area contributed by atoms with E-state index in [1.807, 2.05) is 26.0 Å². The third-order valence-corrected chi connectivity index (χ3v) is 4.95. The highest BCUT2D eigenvalue weighted by Crippen LogP contribution is 2.27. The van der Waals surface area contributed by atoms with Crippen molar-refractivity contribution in [1.29, 1.82) is 0 Å². The Balaban J connectivity index is 2.27. The fourth-order valence-corrected chi connectivity index (χ4v) is 4.01. The Kier molecular flexibility index (Phi) is 4.81. The summed E-state index contributed by atoms with van der Waals surface area (Å²) in [5, 5.41) is 0.682. The van der Waals surface area contributed by atoms with Gasteiger partial charge in [-0.2, -0.15) is 0 Å². The Hall–Kier alpha value is -1.23. The summed E-state index contributed by atoms with van der Waals surface area (Å²) in [5.41, 5.74) is 2.90. The number of aryl methyl sites for hydroxylation is 2. The molecule has 0 saturated heterocycles. The van der Waals surface area contributed by atoms with E-state index in [0.717, 1.165) is 11.1 Å². The lowest BCUT2D eigenvalue weighted by atomic mass is 10.1. The van der Waals surface area contributed by atoms with E-state index < -0.39 is 10.0 Å². The molecule has 0 atom stereocenters. The minimum atomic E-state index is -3.59. The van der Waals surface area contributed by atoms with E-state index in [9.17, 15) is 8.42 Å². The van der Waals surface area contributed by atoms with Gasteiger partial charge in [0.1, 0.15) is 0 Å².